The largest absolute Gasteiger partial charge is 0.310 e. The summed E-state index contributed by atoms with van der Waals surface area (Å²) in [7, 11) is 0. The molecule has 0 N–H and O–H groups in total. The maximum absolute atomic E-state index is 9.66. The van der Waals surface area contributed by atoms with Crippen molar-refractivity contribution in [3.63, 3.8) is 0 Å². The van der Waals surface area contributed by atoms with Crippen LogP contribution in [-0.4, -0.2) is 0 Å². The third-order valence-corrected chi connectivity index (χ3v) is 19.5. The maximum Gasteiger partial charge on any atom is 0.0991 e. The third-order valence-electron chi connectivity index (χ3n) is 19.5. The van der Waals surface area contributed by atoms with Gasteiger partial charge in [0.2, 0.25) is 0 Å². The standard InChI is InChI=1S/C87H66N4/c1-85(2)79-49-57(17-19-59-27-45-75-77-47-41-71(53-83(77)86(3,4)81(75)51-59)90(67-33-21-61(55-88)22-34-67)69-37-29-65(30-38-69)63-13-9-7-10-14-63)25-43-73(79)74-44-26-58(50-80(74)85)18-20-60-28-46-76-78-48-42-72(54-84(78)87(5,6)82(76)52-60)91(68-35-23-62(56-89)24-36-68)70-39-31-66(32-40-70)64-15-11-8-12-16-64/h7-54H,1-6H3/b19-17+,20-18+. The maximum atomic E-state index is 9.66. The average molecular weight is 1170 g/mol. The molecule has 4 heteroatoms. The Kier molecular flexibility index (Phi) is 13.6. The van der Waals surface area contributed by atoms with Crippen LogP contribution in [0.4, 0.5) is 34.1 Å². The first-order chi connectivity index (χ1) is 44.2. The molecule has 0 saturated carbocycles. The van der Waals surface area contributed by atoms with Crippen LogP contribution in [0.15, 0.2) is 267 Å². The van der Waals surface area contributed by atoms with Gasteiger partial charge in [0.15, 0.2) is 0 Å². The van der Waals surface area contributed by atoms with Gasteiger partial charge in [-0.05, 0) is 208 Å². The Morgan fingerprint density at radius 1 is 0.253 bits per heavy atom. The molecule has 4 nitrogen and oxygen atoms in total. The van der Waals surface area contributed by atoms with Crippen molar-refractivity contribution < 1.29 is 0 Å². The zero-order chi connectivity index (χ0) is 62.2. The fourth-order valence-electron chi connectivity index (χ4n) is 14.5. The van der Waals surface area contributed by atoms with E-state index >= 15 is 0 Å². The number of anilines is 6. The zero-order valence-corrected chi connectivity index (χ0v) is 52.0. The second-order valence-corrected chi connectivity index (χ2v) is 26.0. The zero-order valence-electron chi connectivity index (χ0n) is 52.0. The van der Waals surface area contributed by atoms with Gasteiger partial charge >= 0.3 is 0 Å². The first-order valence-electron chi connectivity index (χ1n) is 31.4. The number of hydrogen-bond donors (Lipinski definition) is 0. The van der Waals surface area contributed by atoms with E-state index in [1.807, 2.05) is 60.7 Å². The highest BCUT2D eigenvalue weighted by Crippen LogP contribution is 2.54. The second-order valence-electron chi connectivity index (χ2n) is 26.0. The molecule has 434 valence electrons. The van der Waals surface area contributed by atoms with Crippen LogP contribution in [0, 0.1) is 22.7 Å². The fourth-order valence-corrected chi connectivity index (χ4v) is 14.5. The number of hydrogen-bond acceptors (Lipinski definition) is 4. The van der Waals surface area contributed by atoms with E-state index in [2.05, 4.69) is 294 Å². The van der Waals surface area contributed by atoms with Crippen molar-refractivity contribution in [2.75, 3.05) is 9.80 Å². The Balaban J connectivity index is 0.656. The van der Waals surface area contributed by atoms with Gasteiger partial charge in [-0.25, -0.2) is 0 Å². The Morgan fingerprint density at radius 2 is 0.484 bits per heavy atom. The molecule has 0 heterocycles. The topological polar surface area (TPSA) is 54.1 Å². The van der Waals surface area contributed by atoms with Crippen LogP contribution >= 0.6 is 0 Å². The fraction of sp³-hybridized carbons (Fsp3) is 0.103. The molecule has 12 aromatic carbocycles. The van der Waals surface area contributed by atoms with E-state index in [0.717, 1.165) is 45.3 Å². The highest BCUT2D eigenvalue weighted by molar-refractivity contribution is 5.91. The average Bonchev–Trinajstić information content (AvgIpc) is 1.61. The molecular formula is C87H66N4. The molecule has 12 aromatic rings. The molecule has 91 heavy (non-hydrogen) atoms. The molecule has 0 radical (unpaired) electrons. The summed E-state index contributed by atoms with van der Waals surface area (Å²) in [6.45, 7) is 14.1. The summed E-state index contributed by atoms with van der Waals surface area (Å²) in [5.74, 6) is 0. The predicted molar refractivity (Wildman–Crippen MR) is 380 cm³/mol. The number of fused-ring (bicyclic) bond motifs is 9. The van der Waals surface area contributed by atoms with Crippen LogP contribution in [0.5, 0.6) is 0 Å². The minimum Gasteiger partial charge on any atom is -0.310 e. The van der Waals surface area contributed by atoms with Gasteiger partial charge in [0, 0.05) is 50.4 Å². The summed E-state index contributed by atoms with van der Waals surface area (Å²) in [4.78, 5) is 4.59. The Labute approximate surface area is 534 Å². The van der Waals surface area contributed by atoms with Crippen LogP contribution < -0.4 is 9.80 Å². The van der Waals surface area contributed by atoms with Crippen LogP contribution in [0.1, 0.15) is 108 Å². The quantitative estimate of drug-likeness (QED) is 0.114. The van der Waals surface area contributed by atoms with Gasteiger partial charge in [0.1, 0.15) is 0 Å². The Morgan fingerprint density at radius 3 is 0.758 bits per heavy atom. The molecule has 0 aliphatic heterocycles. The SMILES string of the molecule is CC1(C)c2cc(/C=C/c3ccc4c(c3)C(C)(C)c3cc(N(c5ccc(C#N)cc5)c5ccc(-c6ccccc6)cc5)ccc3-4)ccc2-c2ccc(/C=C/c3ccc4c(c3)C(C)(C)c3cc(N(c5ccc(C#N)cc5)c5ccc(-c6ccccc6)cc5)ccc3-4)cc21. The van der Waals surface area contributed by atoms with Crippen molar-refractivity contribution >= 4 is 58.4 Å². The summed E-state index contributed by atoms with van der Waals surface area (Å²) in [6.07, 6.45) is 9.08. The Bertz CT molecular complexity index is 4680. The van der Waals surface area contributed by atoms with Gasteiger partial charge < -0.3 is 9.80 Å². The molecule has 3 aliphatic carbocycles. The number of nitriles is 2. The normalized spacial score (nSPS) is 14.0. The van der Waals surface area contributed by atoms with Crippen molar-refractivity contribution in [1.29, 1.82) is 10.5 Å². The molecule has 0 fully saturated rings. The van der Waals surface area contributed by atoms with E-state index in [1.54, 1.807) is 0 Å². The molecule has 0 saturated heterocycles. The lowest BCUT2D eigenvalue weighted by Crippen LogP contribution is -2.16. The smallest absolute Gasteiger partial charge is 0.0991 e. The van der Waals surface area contributed by atoms with E-state index < -0.39 is 0 Å². The second kappa shape index (κ2) is 22.1. The highest BCUT2D eigenvalue weighted by Gasteiger charge is 2.39. The lowest BCUT2D eigenvalue weighted by molar-refractivity contribution is 0.660. The molecule has 3 aliphatic rings. The minimum atomic E-state index is -0.247. The lowest BCUT2D eigenvalue weighted by atomic mass is 9.81. The molecule has 0 bridgehead atoms. The first kappa shape index (κ1) is 56.2. The first-order valence-corrected chi connectivity index (χ1v) is 31.4. The van der Waals surface area contributed by atoms with E-state index in [0.29, 0.717) is 11.1 Å². The number of nitrogens with zero attached hydrogens (tertiary/aromatic N) is 4. The molecular weight excluding hydrogens is 1100 g/mol. The van der Waals surface area contributed by atoms with Gasteiger partial charge in [-0.2, -0.15) is 10.5 Å². The molecule has 0 aromatic heterocycles. The minimum absolute atomic E-state index is 0.189. The lowest BCUT2D eigenvalue weighted by Gasteiger charge is -2.28. The molecule has 15 rings (SSSR count). The van der Waals surface area contributed by atoms with Gasteiger partial charge in [-0.3, -0.25) is 0 Å². The summed E-state index contributed by atoms with van der Waals surface area (Å²) >= 11 is 0. The van der Waals surface area contributed by atoms with E-state index in [1.165, 1.54) is 100 Å². The van der Waals surface area contributed by atoms with Crippen molar-refractivity contribution in [3.05, 3.63) is 334 Å². The van der Waals surface area contributed by atoms with Crippen LogP contribution in [0.2, 0.25) is 0 Å². The monoisotopic (exact) mass is 1170 g/mol. The van der Waals surface area contributed by atoms with E-state index in [9.17, 15) is 10.5 Å². The molecule has 0 unspecified atom stereocenters. The third kappa shape index (κ3) is 9.86. The van der Waals surface area contributed by atoms with Crippen molar-refractivity contribution in [1.82, 2.24) is 0 Å². The van der Waals surface area contributed by atoms with Crippen molar-refractivity contribution in [3.8, 4) is 67.8 Å². The van der Waals surface area contributed by atoms with Crippen LogP contribution in [-0.2, 0) is 16.2 Å². The van der Waals surface area contributed by atoms with Crippen molar-refractivity contribution in [2.24, 2.45) is 0 Å². The summed E-state index contributed by atoms with van der Waals surface area (Å²) in [6, 6.07) is 100. The number of benzene rings is 12. The predicted octanol–water partition coefficient (Wildman–Crippen LogP) is 23.0. The van der Waals surface area contributed by atoms with Crippen molar-refractivity contribution in [2.45, 2.75) is 57.8 Å². The summed E-state index contributed by atoms with van der Waals surface area (Å²) < 4.78 is 0. The highest BCUT2D eigenvalue weighted by atomic mass is 15.1. The Hall–Kier alpha value is -11.3. The molecule has 0 amide bonds. The van der Waals surface area contributed by atoms with E-state index in [-0.39, 0.29) is 16.2 Å². The summed E-state index contributed by atoms with van der Waals surface area (Å²) in [5.41, 5.74) is 31.8. The van der Waals surface area contributed by atoms with Crippen LogP contribution in [0.25, 0.3) is 79.9 Å². The number of rotatable bonds is 12. The van der Waals surface area contributed by atoms with Crippen LogP contribution in [0.3, 0.4) is 0 Å². The van der Waals surface area contributed by atoms with Gasteiger partial charge in [-0.15, -0.1) is 0 Å². The molecule has 0 atom stereocenters. The summed E-state index contributed by atoms with van der Waals surface area (Å²) in [5, 5.41) is 19.3. The van der Waals surface area contributed by atoms with Gasteiger partial charge in [0.25, 0.3) is 0 Å². The van der Waals surface area contributed by atoms with Gasteiger partial charge in [-0.1, -0.05) is 236 Å². The van der Waals surface area contributed by atoms with E-state index in [4.69, 9.17) is 0 Å². The molecule has 0 spiro atoms. The van der Waals surface area contributed by atoms with Gasteiger partial charge in [0.05, 0.1) is 23.3 Å².